The molecule has 10 nitrogen and oxygen atoms in total. The van der Waals surface area contributed by atoms with Crippen molar-refractivity contribution < 1.29 is 18.7 Å². The molecule has 2 aromatic carbocycles. The third-order valence-corrected chi connectivity index (χ3v) is 8.85. The topological polar surface area (TPSA) is 116 Å². The molecule has 1 amide bonds. The highest BCUT2D eigenvalue weighted by atomic mass is 19.1. The Hall–Kier alpha value is -4.61. The number of fused-ring (bicyclic) bond motifs is 1. The van der Waals surface area contributed by atoms with Crippen molar-refractivity contribution in [3.05, 3.63) is 97.6 Å². The van der Waals surface area contributed by atoms with E-state index in [1.165, 1.54) is 25.7 Å². The minimum absolute atomic E-state index is 0.0846. The number of carbonyl (C=O) groups excluding carboxylic acids is 1. The molecule has 0 bridgehead atoms. The highest BCUT2D eigenvalue weighted by Crippen LogP contribution is 2.41. The van der Waals surface area contributed by atoms with Crippen LogP contribution in [0.25, 0.3) is 22.4 Å². The fraction of sp³-hybridized carbons (Fsp3) is 0.353. The van der Waals surface area contributed by atoms with E-state index in [4.69, 9.17) is 14.5 Å². The zero-order valence-electron chi connectivity index (χ0n) is 25.8. The summed E-state index contributed by atoms with van der Waals surface area (Å²) in [5, 5.41) is 6.30. The number of halogens is 1. The number of hydrogen-bond acceptors (Lipinski definition) is 7. The van der Waals surface area contributed by atoms with Crippen molar-refractivity contribution >= 4 is 11.6 Å². The predicted octanol–water partition coefficient (Wildman–Crippen LogP) is 4.28. The number of methoxy groups -OCH3 is 1. The van der Waals surface area contributed by atoms with Gasteiger partial charge in [0.25, 0.3) is 11.5 Å². The van der Waals surface area contributed by atoms with Crippen LogP contribution in [0.1, 0.15) is 52.4 Å². The molecule has 3 heterocycles. The van der Waals surface area contributed by atoms with Crippen LogP contribution in [-0.2, 0) is 25.3 Å². The first-order chi connectivity index (χ1) is 21.7. The number of aryl methyl sites for hydroxylation is 2. The molecule has 1 atom stereocenters. The highest BCUT2D eigenvalue weighted by molar-refractivity contribution is 6.04. The summed E-state index contributed by atoms with van der Waals surface area (Å²) in [6.45, 7) is 3.46. The minimum Gasteiger partial charge on any atom is -0.481 e. The van der Waals surface area contributed by atoms with E-state index in [0.29, 0.717) is 17.5 Å². The number of hydrogen-bond donors (Lipinski definition) is 2. The predicted molar refractivity (Wildman–Crippen MR) is 169 cm³/mol. The van der Waals surface area contributed by atoms with Crippen LogP contribution in [0.3, 0.4) is 0 Å². The van der Waals surface area contributed by atoms with Gasteiger partial charge in [0, 0.05) is 62.3 Å². The molecule has 45 heavy (non-hydrogen) atoms. The lowest BCUT2D eigenvalue weighted by molar-refractivity contribution is 0.0747. The number of nitrogens with one attached hydrogen (secondary N) is 2. The van der Waals surface area contributed by atoms with Crippen LogP contribution in [0.4, 0.5) is 10.1 Å². The van der Waals surface area contributed by atoms with Crippen LogP contribution in [0, 0.1) is 12.7 Å². The number of amides is 1. The Bertz CT molecular complexity index is 1910. The first-order valence-corrected chi connectivity index (χ1v) is 15.1. The molecule has 11 heteroatoms. The molecule has 0 spiro atoms. The number of benzene rings is 2. The average Bonchev–Trinajstić information content (AvgIpc) is 3.45. The molecule has 6 rings (SSSR count). The summed E-state index contributed by atoms with van der Waals surface area (Å²) in [4.78, 5) is 42.5. The molecule has 1 saturated heterocycles. The van der Waals surface area contributed by atoms with E-state index in [1.807, 2.05) is 25.1 Å². The Kier molecular flexibility index (Phi) is 8.39. The summed E-state index contributed by atoms with van der Waals surface area (Å²) < 4.78 is 29.3. The van der Waals surface area contributed by atoms with Crippen molar-refractivity contribution in [2.45, 2.75) is 44.7 Å². The molecule has 1 aliphatic carbocycles. The Morgan fingerprint density at radius 1 is 1.04 bits per heavy atom. The Balaban J connectivity index is 1.32. The van der Waals surface area contributed by atoms with Gasteiger partial charge >= 0.3 is 5.69 Å². The van der Waals surface area contributed by atoms with Gasteiger partial charge in [0.1, 0.15) is 5.56 Å². The van der Waals surface area contributed by atoms with Crippen molar-refractivity contribution in [1.29, 1.82) is 0 Å². The maximum Gasteiger partial charge on any atom is 0.330 e. The van der Waals surface area contributed by atoms with Gasteiger partial charge in [-0.05, 0) is 61.4 Å². The van der Waals surface area contributed by atoms with Crippen LogP contribution < -0.4 is 26.6 Å². The van der Waals surface area contributed by atoms with Crippen molar-refractivity contribution in [2.24, 2.45) is 14.1 Å². The zero-order valence-corrected chi connectivity index (χ0v) is 25.8. The van der Waals surface area contributed by atoms with Gasteiger partial charge in [-0.15, -0.1) is 0 Å². The lowest BCUT2D eigenvalue weighted by atomic mass is 9.93. The fourth-order valence-corrected chi connectivity index (χ4v) is 6.41. The molecular weight excluding hydrogens is 577 g/mol. The maximum atomic E-state index is 16.0. The smallest absolute Gasteiger partial charge is 0.330 e. The lowest BCUT2D eigenvalue weighted by Crippen LogP contribution is -2.40. The molecule has 2 aliphatic rings. The molecule has 1 unspecified atom stereocenters. The molecule has 4 aromatic rings. The minimum atomic E-state index is -0.813. The second-order valence-electron chi connectivity index (χ2n) is 11.6. The molecule has 1 fully saturated rings. The third kappa shape index (κ3) is 5.69. The summed E-state index contributed by atoms with van der Waals surface area (Å²) in [5.41, 5.74) is 3.92. The standard InChI is InChI=1S/C34H36FN5O5/c1-19-22(24-9-6-10-27(30(24)35)37-31(41)25-18-39(2)34(43)40(3)33(25)42)7-5-8-23(19)28-17-20-11-12-26(29(20)32(38-28)44-4)36-21-13-15-45-16-14-21/h5-10,17-18,21,26,36H,11-16H2,1-4H3,(H,37,41). The van der Waals surface area contributed by atoms with Crippen LogP contribution in [0.2, 0.25) is 0 Å². The Morgan fingerprint density at radius 3 is 2.51 bits per heavy atom. The van der Waals surface area contributed by atoms with Crippen molar-refractivity contribution in [3.8, 4) is 28.3 Å². The number of carbonyl (C=O) groups is 1. The van der Waals surface area contributed by atoms with Crippen molar-refractivity contribution in [3.63, 3.8) is 0 Å². The van der Waals surface area contributed by atoms with E-state index in [1.54, 1.807) is 19.2 Å². The van der Waals surface area contributed by atoms with Gasteiger partial charge in [-0.1, -0.05) is 30.3 Å². The van der Waals surface area contributed by atoms with Gasteiger partial charge in [0.15, 0.2) is 5.82 Å². The van der Waals surface area contributed by atoms with Crippen LogP contribution in [-0.4, -0.2) is 46.4 Å². The molecule has 2 aromatic heterocycles. The number of ether oxygens (including phenoxy) is 2. The number of rotatable bonds is 7. The molecule has 234 valence electrons. The summed E-state index contributed by atoms with van der Waals surface area (Å²) in [5.74, 6) is -0.865. The van der Waals surface area contributed by atoms with Gasteiger partial charge in [-0.25, -0.2) is 14.2 Å². The summed E-state index contributed by atoms with van der Waals surface area (Å²) in [6, 6.07) is 13.0. The van der Waals surface area contributed by atoms with Gasteiger partial charge in [-0.2, -0.15) is 0 Å². The summed E-state index contributed by atoms with van der Waals surface area (Å²) in [7, 11) is 4.36. The molecule has 2 N–H and O–H groups in total. The van der Waals surface area contributed by atoms with Gasteiger partial charge in [-0.3, -0.25) is 14.2 Å². The maximum absolute atomic E-state index is 16.0. The highest BCUT2D eigenvalue weighted by Gasteiger charge is 2.31. The number of aromatic nitrogens is 3. The summed E-state index contributed by atoms with van der Waals surface area (Å²) >= 11 is 0. The van der Waals surface area contributed by atoms with Gasteiger partial charge < -0.3 is 24.7 Å². The van der Waals surface area contributed by atoms with E-state index in [0.717, 1.165) is 76.6 Å². The van der Waals surface area contributed by atoms with Crippen LogP contribution >= 0.6 is 0 Å². The number of anilines is 1. The second kappa shape index (κ2) is 12.4. The monoisotopic (exact) mass is 613 g/mol. The number of nitrogens with zero attached hydrogens (tertiary/aromatic N) is 3. The molecular formula is C34H36FN5O5. The van der Waals surface area contributed by atoms with Crippen molar-refractivity contribution in [2.75, 3.05) is 25.6 Å². The molecule has 1 aliphatic heterocycles. The lowest BCUT2D eigenvalue weighted by Gasteiger charge is -2.27. The second-order valence-corrected chi connectivity index (χ2v) is 11.6. The average molecular weight is 614 g/mol. The first kappa shape index (κ1) is 30.4. The SMILES string of the molecule is COc1nc(-c2cccc(-c3cccc(NC(=O)c4cn(C)c(=O)n(C)c4=O)c3F)c2C)cc2c1C(NC1CCOCC1)CC2. The normalized spacial score (nSPS) is 16.4. The van der Waals surface area contributed by atoms with E-state index in [2.05, 4.69) is 16.7 Å². The van der Waals surface area contributed by atoms with E-state index in [9.17, 15) is 14.4 Å². The zero-order chi connectivity index (χ0) is 31.8. The molecule has 0 saturated carbocycles. The van der Waals surface area contributed by atoms with E-state index >= 15 is 4.39 Å². The quantitative estimate of drug-likeness (QED) is 0.320. The van der Waals surface area contributed by atoms with Crippen LogP contribution in [0.15, 0.2) is 58.3 Å². The Labute approximate surface area is 259 Å². The van der Waals surface area contributed by atoms with Gasteiger partial charge in [0.05, 0.1) is 18.5 Å². The number of pyridine rings is 1. The largest absolute Gasteiger partial charge is 0.481 e. The van der Waals surface area contributed by atoms with Gasteiger partial charge in [0.2, 0.25) is 5.88 Å². The Morgan fingerprint density at radius 2 is 1.76 bits per heavy atom. The summed E-state index contributed by atoms with van der Waals surface area (Å²) in [6.07, 6.45) is 4.98. The van der Waals surface area contributed by atoms with E-state index < -0.39 is 23.0 Å². The molecule has 0 radical (unpaired) electrons. The fourth-order valence-electron chi connectivity index (χ4n) is 6.41. The first-order valence-electron chi connectivity index (χ1n) is 15.1. The van der Waals surface area contributed by atoms with Crippen LogP contribution in [0.5, 0.6) is 5.88 Å². The third-order valence-electron chi connectivity index (χ3n) is 8.85. The van der Waals surface area contributed by atoms with E-state index in [-0.39, 0.29) is 22.9 Å². The van der Waals surface area contributed by atoms with Crippen molar-refractivity contribution in [1.82, 2.24) is 19.4 Å².